The third kappa shape index (κ3) is 10.0. The summed E-state index contributed by atoms with van der Waals surface area (Å²) in [5.41, 5.74) is 0. The quantitative estimate of drug-likeness (QED) is 0.360. The van der Waals surface area contributed by atoms with Crippen LogP contribution in [0.25, 0.3) is 0 Å². The second-order valence-electron chi connectivity index (χ2n) is 6.34. The van der Waals surface area contributed by atoms with E-state index in [1.165, 1.54) is 32.1 Å². The third-order valence-electron chi connectivity index (χ3n) is 3.95. The molecule has 0 heterocycles. The van der Waals surface area contributed by atoms with Crippen molar-refractivity contribution in [1.29, 1.82) is 0 Å². The first-order chi connectivity index (χ1) is 10.5. The maximum atomic E-state index is 11.7. The molecule has 0 radical (unpaired) electrons. The first-order valence-electron chi connectivity index (χ1n) is 8.27. The van der Waals surface area contributed by atoms with Gasteiger partial charge < -0.3 is 20.3 Å². The molecule has 1 rings (SSSR count). The van der Waals surface area contributed by atoms with Crippen molar-refractivity contribution in [2.75, 3.05) is 40.9 Å². The van der Waals surface area contributed by atoms with Crippen molar-refractivity contribution < 1.29 is 9.53 Å². The number of rotatable bonds is 7. The standard InChI is InChI=1S/C16H32N4O2.HI/c1-13(12-22-4)19-16(18-11-15(21)20(2)3)17-10-14-8-6-5-7-9-14;/h13-14H,5-12H2,1-4H3,(H2,17,18,19);1H. The summed E-state index contributed by atoms with van der Waals surface area (Å²) in [6.07, 6.45) is 6.57. The summed E-state index contributed by atoms with van der Waals surface area (Å²) < 4.78 is 5.14. The van der Waals surface area contributed by atoms with Crippen LogP contribution in [-0.2, 0) is 9.53 Å². The Hall–Kier alpha value is -0.570. The predicted octanol–water partition coefficient (Wildman–Crippen LogP) is 1.84. The molecule has 0 saturated heterocycles. The number of hydrogen-bond acceptors (Lipinski definition) is 3. The van der Waals surface area contributed by atoms with E-state index < -0.39 is 0 Å². The highest BCUT2D eigenvalue weighted by Crippen LogP contribution is 2.22. The van der Waals surface area contributed by atoms with Crippen molar-refractivity contribution in [1.82, 2.24) is 15.5 Å². The largest absolute Gasteiger partial charge is 0.383 e. The molecular formula is C16H33IN4O2. The van der Waals surface area contributed by atoms with E-state index in [1.807, 2.05) is 6.92 Å². The smallest absolute Gasteiger partial charge is 0.243 e. The third-order valence-corrected chi connectivity index (χ3v) is 3.95. The lowest BCUT2D eigenvalue weighted by Crippen LogP contribution is -2.46. The Bertz CT molecular complexity index is 358. The Balaban J connectivity index is 0.00000484. The Kier molecular flexibility index (Phi) is 12.5. The zero-order chi connectivity index (χ0) is 16.4. The van der Waals surface area contributed by atoms with Crippen LogP contribution in [0.5, 0.6) is 0 Å². The molecule has 7 heteroatoms. The van der Waals surface area contributed by atoms with E-state index in [-0.39, 0.29) is 42.5 Å². The van der Waals surface area contributed by atoms with E-state index in [1.54, 1.807) is 26.1 Å². The van der Waals surface area contributed by atoms with Gasteiger partial charge in [0.15, 0.2) is 5.96 Å². The van der Waals surface area contributed by atoms with Crippen LogP contribution in [-0.4, -0.2) is 63.7 Å². The summed E-state index contributed by atoms with van der Waals surface area (Å²) in [6, 6.07) is 0.150. The molecular weight excluding hydrogens is 407 g/mol. The number of halogens is 1. The Labute approximate surface area is 157 Å². The van der Waals surface area contributed by atoms with Gasteiger partial charge in [-0.15, -0.1) is 24.0 Å². The number of amides is 1. The minimum atomic E-state index is -0.00170. The van der Waals surface area contributed by atoms with E-state index >= 15 is 0 Å². The topological polar surface area (TPSA) is 66.0 Å². The summed E-state index contributed by atoms with van der Waals surface area (Å²) in [6.45, 7) is 3.72. The zero-order valence-corrected chi connectivity index (χ0v) is 17.3. The maximum absolute atomic E-state index is 11.7. The number of ether oxygens (including phenoxy) is 1. The number of guanidine groups is 1. The van der Waals surface area contributed by atoms with Crippen molar-refractivity contribution in [2.24, 2.45) is 10.9 Å². The van der Waals surface area contributed by atoms with Gasteiger partial charge in [0.05, 0.1) is 6.61 Å². The van der Waals surface area contributed by atoms with Gasteiger partial charge in [0, 0.05) is 33.8 Å². The lowest BCUT2D eigenvalue weighted by molar-refractivity contribution is -0.127. The fourth-order valence-electron chi connectivity index (χ4n) is 2.60. The lowest BCUT2D eigenvalue weighted by atomic mass is 9.89. The molecule has 0 aromatic carbocycles. The van der Waals surface area contributed by atoms with Crippen LogP contribution >= 0.6 is 24.0 Å². The Morgan fingerprint density at radius 1 is 1.30 bits per heavy atom. The number of hydrogen-bond donors (Lipinski definition) is 2. The van der Waals surface area contributed by atoms with Crippen molar-refractivity contribution in [3.8, 4) is 0 Å². The second kappa shape index (κ2) is 12.8. The van der Waals surface area contributed by atoms with Crippen LogP contribution < -0.4 is 10.6 Å². The summed E-state index contributed by atoms with van der Waals surface area (Å²) in [7, 11) is 5.17. The van der Waals surface area contributed by atoms with Gasteiger partial charge in [0.25, 0.3) is 0 Å². The highest BCUT2D eigenvalue weighted by Gasteiger charge is 2.14. The average Bonchev–Trinajstić information content (AvgIpc) is 2.50. The molecule has 0 aromatic rings. The van der Waals surface area contributed by atoms with Gasteiger partial charge in [0.2, 0.25) is 5.91 Å². The predicted molar refractivity (Wildman–Crippen MR) is 105 cm³/mol. The van der Waals surface area contributed by atoms with E-state index in [4.69, 9.17) is 4.74 Å². The highest BCUT2D eigenvalue weighted by molar-refractivity contribution is 14.0. The molecule has 1 atom stereocenters. The minimum absolute atomic E-state index is 0. The van der Waals surface area contributed by atoms with Gasteiger partial charge >= 0.3 is 0 Å². The van der Waals surface area contributed by atoms with Gasteiger partial charge in [-0.1, -0.05) is 19.3 Å². The van der Waals surface area contributed by atoms with Crippen molar-refractivity contribution in [2.45, 2.75) is 45.1 Å². The van der Waals surface area contributed by atoms with Crippen LogP contribution in [0.3, 0.4) is 0 Å². The normalized spacial score (nSPS) is 17.1. The molecule has 0 bridgehead atoms. The average molecular weight is 440 g/mol. The minimum Gasteiger partial charge on any atom is -0.383 e. The monoisotopic (exact) mass is 440 g/mol. The SMILES string of the molecule is COCC(C)NC(=NCC(=O)N(C)C)NCC1CCCCC1.I. The van der Waals surface area contributed by atoms with E-state index in [0.717, 1.165) is 6.54 Å². The number of likely N-dealkylation sites (N-methyl/N-ethyl adjacent to an activating group) is 1. The fraction of sp³-hybridized carbons (Fsp3) is 0.875. The van der Waals surface area contributed by atoms with Crippen molar-refractivity contribution >= 4 is 35.8 Å². The molecule has 1 saturated carbocycles. The van der Waals surface area contributed by atoms with Crippen molar-refractivity contribution in [3.05, 3.63) is 0 Å². The molecule has 1 unspecified atom stereocenters. The number of carbonyl (C=O) groups is 1. The van der Waals surface area contributed by atoms with Gasteiger partial charge in [-0.05, 0) is 25.7 Å². The van der Waals surface area contributed by atoms with Gasteiger partial charge in [0.1, 0.15) is 6.54 Å². The van der Waals surface area contributed by atoms with Crippen LogP contribution in [0.2, 0.25) is 0 Å². The van der Waals surface area contributed by atoms with Gasteiger partial charge in [-0.2, -0.15) is 0 Å². The van der Waals surface area contributed by atoms with Crippen LogP contribution in [0, 0.1) is 5.92 Å². The molecule has 0 aromatic heterocycles. The molecule has 2 N–H and O–H groups in total. The van der Waals surface area contributed by atoms with Crippen molar-refractivity contribution in [3.63, 3.8) is 0 Å². The lowest BCUT2D eigenvalue weighted by Gasteiger charge is -2.24. The number of nitrogens with one attached hydrogen (secondary N) is 2. The second-order valence-corrected chi connectivity index (χ2v) is 6.34. The molecule has 1 aliphatic rings. The number of nitrogens with zero attached hydrogens (tertiary/aromatic N) is 2. The summed E-state index contributed by atoms with van der Waals surface area (Å²) >= 11 is 0. The molecule has 136 valence electrons. The zero-order valence-electron chi connectivity index (χ0n) is 14.9. The Morgan fingerprint density at radius 3 is 2.52 bits per heavy atom. The summed E-state index contributed by atoms with van der Waals surface area (Å²) in [5.74, 6) is 1.41. The van der Waals surface area contributed by atoms with E-state index in [0.29, 0.717) is 18.5 Å². The number of carbonyl (C=O) groups excluding carboxylic acids is 1. The maximum Gasteiger partial charge on any atom is 0.243 e. The summed E-state index contributed by atoms with van der Waals surface area (Å²) in [5, 5.41) is 6.68. The molecule has 1 amide bonds. The first kappa shape index (κ1) is 22.4. The van der Waals surface area contributed by atoms with E-state index in [9.17, 15) is 4.79 Å². The molecule has 0 spiro atoms. The van der Waals surface area contributed by atoms with Gasteiger partial charge in [-0.25, -0.2) is 4.99 Å². The van der Waals surface area contributed by atoms with Crippen LogP contribution in [0.4, 0.5) is 0 Å². The Morgan fingerprint density at radius 2 is 1.96 bits per heavy atom. The fourth-order valence-corrected chi connectivity index (χ4v) is 2.60. The number of methoxy groups -OCH3 is 1. The van der Waals surface area contributed by atoms with Crippen LogP contribution in [0.1, 0.15) is 39.0 Å². The van der Waals surface area contributed by atoms with E-state index in [2.05, 4.69) is 15.6 Å². The summed E-state index contributed by atoms with van der Waals surface area (Å²) in [4.78, 5) is 17.7. The molecule has 0 aliphatic heterocycles. The van der Waals surface area contributed by atoms with Crippen LogP contribution in [0.15, 0.2) is 4.99 Å². The number of aliphatic imine (C=N–C) groups is 1. The highest BCUT2D eigenvalue weighted by atomic mass is 127. The molecule has 1 aliphatic carbocycles. The molecule has 23 heavy (non-hydrogen) atoms. The first-order valence-corrected chi connectivity index (χ1v) is 8.27. The molecule has 1 fully saturated rings. The molecule has 6 nitrogen and oxygen atoms in total. The van der Waals surface area contributed by atoms with Gasteiger partial charge in [-0.3, -0.25) is 4.79 Å².